The maximum absolute atomic E-state index is 12.3. The van der Waals surface area contributed by atoms with Crippen LogP contribution in [0.5, 0.6) is 0 Å². The van der Waals surface area contributed by atoms with Crippen LogP contribution < -0.4 is 0 Å². The molecule has 1 aromatic heterocycles. The third-order valence-corrected chi connectivity index (χ3v) is 4.23. The van der Waals surface area contributed by atoms with Crippen LogP contribution in [0, 0.1) is 5.41 Å². The molecule has 2 rings (SSSR count). The summed E-state index contributed by atoms with van der Waals surface area (Å²) in [6.45, 7) is 6.59. The lowest BCUT2D eigenvalue weighted by molar-refractivity contribution is 0.0624. The van der Waals surface area contributed by atoms with Gasteiger partial charge in [-0.25, -0.2) is 4.98 Å². The average Bonchev–Trinajstić information content (AvgIpc) is 2.86. The van der Waals surface area contributed by atoms with Crippen LogP contribution in [0.1, 0.15) is 62.9 Å². The summed E-state index contributed by atoms with van der Waals surface area (Å²) in [5.41, 5.74) is 0.417. The van der Waals surface area contributed by atoms with Crippen molar-refractivity contribution in [3.05, 3.63) is 11.6 Å². The van der Waals surface area contributed by atoms with Crippen molar-refractivity contribution < 1.29 is 4.79 Å². The molecule has 1 aliphatic rings. The van der Waals surface area contributed by atoms with Gasteiger partial charge in [0, 0.05) is 19.5 Å². The first kappa shape index (κ1) is 14.0. The highest BCUT2D eigenvalue weighted by atomic mass is 16.2. The van der Waals surface area contributed by atoms with Crippen molar-refractivity contribution in [3.63, 3.8) is 0 Å². The molecular weight excluding hydrogens is 240 g/mol. The lowest BCUT2D eigenvalue weighted by Gasteiger charge is -2.38. The molecule has 0 bridgehead atoms. The highest BCUT2D eigenvalue weighted by Gasteiger charge is 2.31. The Morgan fingerprint density at radius 3 is 2.58 bits per heavy atom. The van der Waals surface area contributed by atoms with Crippen LogP contribution in [-0.4, -0.2) is 39.1 Å². The molecule has 1 heterocycles. The van der Waals surface area contributed by atoms with Crippen LogP contribution in [0.2, 0.25) is 0 Å². The van der Waals surface area contributed by atoms with E-state index in [0.29, 0.717) is 17.3 Å². The lowest BCUT2D eigenvalue weighted by Crippen LogP contribution is -2.41. The predicted molar refractivity (Wildman–Crippen MR) is 73.9 cm³/mol. The number of hydrogen-bond acceptors (Lipinski definition) is 3. The number of aromatic nitrogens is 3. The zero-order valence-electron chi connectivity index (χ0n) is 12.4. The van der Waals surface area contributed by atoms with E-state index in [-0.39, 0.29) is 5.91 Å². The number of rotatable bonds is 3. The third kappa shape index (κ3) is 3.14. The number of carbonyl (C=O) groups excluding carboxylic acids is 1. The van der Waals surface area contributed by atoms with E-state index in [1.807, 2.05) is 18.9 Å². The van der Waals surface area contributed by atoms with E-state index < -0.39 is 0 Å². The van der Waals surface area contributed by atoms with Crippen LogP contribution in [0.15, 0.2) is 0 Å². The maximum Gasteiger partial charge on any atom is 0.293 e. The standard InChI is InChI=1S/C14H24N4O/c1-5-11-15-12(17-16-11)13(19)18(4)10-6-8-14(2,3)9-7-10/h10H,5-9H2,1-4H3,(H,15,16,17). The van der Waals surface area contributed by atoms with Gasteiger partial charge in [0.1, 0.15) is 5.82 Å². The number of aryl methyl sites for hydroxylation is 1. The van der Waals surface area contributed by atoms with Crippen molar-refractivity contribution in [2.24, 2.45) is 5.41 Å². The van der Waals surface area contributed by atoms with Gasteiger partial charge in [-0.05, 0) is 31.1 Å². The molecular formula is C14H24N4O. The molecule has 0 atom stereocenters. The van der Waals surface area contributed by atoms with E-state index in [1.54, 1.807) is 0 Å². The largest absolute Gasteiger partial charge is 0.336 e. The van der Waals surface area contributed by atoms with E-state index >= 15 is 0 Å². The minimum absolute atomic E-state index is 0.0688. The van der Waals surface area contributed by atoms with Crippen molar-refractivity contribution in [2.45, 2.75) is 58.9 Å². The fourth-order valence-electron chi connectivity index (χ4n) is 2.64. The van der Waals surface area contributed by atoms with E-state index in [4.69, 9.17) is 0 Å². The molecule has 0 aromatic carbocycles. The van der Waals surface area contributed by atoms with Crippen molar-refractivity contribution in [1.29, 1.82) is 0 Å². The summed E-state index contributed by atoms with van der Waals surface area (Å²) >= 11 is 0. The second-order valence-corrected chi connectivity index (χ2v) is 6.27. The molecule has 0 unspecified atom stereocenters. The zero-order chi connectivity index (χ0) is 14.0. The van der Waals surface area contributed by atoms with Gasteiger partial charge in [-0.1, -0.05) is 20.8 Å². The van der Waals surface area contributed by atoms with Gasteiger partial charge in [-0.3, -0.25) is 9.89 Å². The summed E-state index contributed by atoms with van der Waals surface area (Å²) in [5, 5.41) is 6.80. The Balaban J connectivity index is 1.99. The van der Waals surface area contributed by atoms with Crippen molar-refractivity contribution >= 4 is 5.91 Å². The normalized spacial score (nSPS) is 19.4. The van der Waals surface area contributed by atoms with Gasteiger partial charge in [0.05, 0.1) is 0 Å². The van der Waals surface area contributed by atoms with Gasteiger partial charge < -0.3 is 4.90 Å². The number of nitrogens with one attached hydrogen (secondary N) is 1. The minimum Gasteiger partial charge on any atom is -0.336 e. The maximum atomic E-state index is 12.3. The van der Waals surface area contributed by atoms with Crippen LogP contribution in [0.3, 0.4) is 0 Å². The second-order valence-electron chi connectivity index (χ2n) is 6.27. The average molecular weight is 264 g/mol. The van der Waals surface area contributed by atoms with Gasteiger partial charge in [0.2, 0.25) is 5.82 Å². The first-order chi connectivity index (χ1) is 8.93. The molecule has 1 aromatic rings. The fourth-order valence-corrected chi connectivity index (χ4v) is 2.64. The first-order valence-electron chi connectivity index (χ1n) is 7.11. The Bertz CT molecular complexity index is 442. The Morgan fingerprint density at radius 1 is 1.42 bits per heavy atom. The molecule has 0 saturated heterocycles. The van der Waals surface area contributed by atoms with E-state index in [2.05, 4.69) is 29.0 Å². The smallest absolute Gasteiger partial charge is 0.293 e. The molecule has 5 nitrogen and oxygen atoms in total. The minimum atomic E-state index is -0.0688. The van der Waals surface area contributed by atoms with Gasteiger partial charge in [-0.2, -0.15) is 0 Å². The van der Waals surface area contributed by atoms with Crippen LogP contribution >= 0.6 is 0 Å². The van der Waals surface area contributed by atoms with Gasteiger partial charge in [0.25, 0.3) is 5.91 Å². The first-order valence-corrected chi connectivity index (χ1v) is 7.11. The Hall–Kier alpha value is -1.39. The van der Waals surface area contributed by atoms with Crippen molar-refractivity contribution in [3.8, 4) is 0 Å². The molecule has 0 spiro atoms. The molecule has 1 amide bonds. The lowest BCUT2D eigenvalue weighted by atomic mass is 9.75. The number of hydrogen-bond donors (Lipinski definition) is 1. The number of H-pyrrole nitrogens is 1. The van der Waals surface area contributed by atoms with Crippen LogP contribution in [0.25, 0.3) is 0 Å². The molecule has 106 valence electrons. The highest BCUT2D eigenvalue weighted by Crippen LogP contribution is 2.36. The van der Waals surface area contributed by atoms with Gasteiger partial charge >= 0.3 is 0 Å². The molecule has 1 N–H and O–H groups in total. The SMILES string of the molecule is CCc1nc(C(=O)N(C)C2CCC(C)(C)CC2)n[nH]1. The molecule has 0 aliphatic heterocycles. The van der Waals surface area contributed by atoms with E-state index in [1.165, 1.54) is 12.8 Å². The molecule has 1 aliphatic carbocycles. The predicted octanol–water partition coefficient (Wildman–Crippen LogP) is 2.41. The number of carbonyl (C=O) groups is 1. The quantitative estimate of drug-likeness (QED) is 0.912. The van der Waals surface area contributed by atoms with Gasteiger partial charge in [-0.15, -0.1) is 5.10 Å². The molecule has 5 heteroatoms. The Labute approximate surface area is 114 Å². The van der Waals surface area contributed by atoms with Crippen LogP contribution in [0.4, 0.5) is 0 Å². The van der Waals surface area contributed by atoms with E-state index in [9.17, 15) is 4.79 Å². The molecule has 1 fully saturated rings. The zero-order valence-corrected chi connectivity index (χ0v) is 12.4. The highest BCUT2D eigenvalue weighted by molar-refractivity contribution is 5.90. The van der Waals surface area contributed by atoms with Crippen LogP contribution in [-0.2, 0) is 6.42 Å². The second kappa shape index (κ2) is 5.31. The van der Waals surface area contributed by atoms with Gasteiger partial charge in [0.15, 0.2) is 0 Å². The Morgan fingerprint density at radius 2 is 2.05 bits per heavy atom. The number of amides is 1. The number of aromatic amines is 1. The molecule has 0 radical (unpaired) electrons. The summed E-state index contributed by atoms with van der Waals surface area (Å²) < 4.78 is 0. The Kier molecular flexibility index (Phi) is 3.92. The third-order valence-electron chi connectivity index (χ3n) is 4.23. The fraction of sp³-hybridized carbons (Fsp3) is 0.786. The summed E-state index contributed by atoms with van der Waals surface area (Å²) in [6.07, 6.45) is 5.25. The molecule has 19 heavy (non-hydrogen) atoms. The van der Waals surface area contributed by atoms with Crippen molar-refractivity contribution in [1.82, 2.24) is 20.1 Å². The molecule has 1 saturated carbocycles. The summed E-state index contributed by atoms with van der Waals surface area (Å²) in [7, 11) is 1.87. The number of nitrogens with zero attached hydrogens (tertiary/aromatic N) is 3. The monoisotopic (exact) mass is 264 g/mol. The summed E-state index contributed by atoms with van der Waals surface area (Å²) in [5.74, 6) is 0.992. The topological polar surface area (TPSA) is 61.9 Å². The summed E-state index contributed by atoms with van der Waals surface area (Å²) in [6, 6.07) is 0.323. The summed E-state index contributed by atoms with van der Waals surface area (Å²) in [4.78, 5) is 18.3. The van der Waals surface area contributed by atoms with E-state index in [0.717, 1.165) is 25.1 Å². The van der Waals surface area contributed by atoms with Crippen molar-refractivity contribution in [2.75, 3.05) is 7.05 Å².